The quantitative estimate of drug-likeness (QED) is 0.767. The maximum atomic E-state index is 3.45. The molecule has 3 heteroatoms. The molecule has 0 bridgehead atoms. The molecule has 0 aromatic rings. The van der Waals surface area contributed by atoms with E-state index in [0.29, 0.717) is 0 Å². The van der Waals surface area contributed by atoms with Gasteiger partial charge in [-0.15, -0.1) is 12.4 Å². The third-order valence-electron chi connectivity index (χ3n) is 3.56. The minimum Gasteiger partial charge on any atom is -0.317 e. The van der Waals surface area contributed by atoms with Crippen LogP contribution in [0, 0.1) is 17.8 Å². The highest BCUT2D eigenvalue weighted by Crippen LogP contribution is 2.17. The molecule has 0 saturated carbocycles. The van der Waals surface area contributed by atoms with Crippen LogP contribution in [0.15, 0.2) is 0 Å². The summed E-state index contributed by atoms with van der Waals surface area (Å²) in [4.78, 5) is 2.68. The molecular formula is C15H33ClN2. The molecule has 0 radical (unpaired) electrons. The van der Waals surface area contributed by atoms with Crippen LogP contribution in [-0.2, 0) is 0 Å². The van der Waals surface area contributed by atoms with Gasteiger partial charge in [0.15, 0.2) is 0 Å². The second-order valence-electron chi connectivity index (χ2n) is 6.53. The molecule has 0 amide bonds. The Morgan fingerprint density at radius 3 is 1.94 bits per heavy atom. The summed E-state index contributed by atoms with van der Waals surface area (Å²) in [6.45, 7) is 15.6. The Balaban J connectivity index is 0.00000289. The van der Waals surface area contributed by atoms with Crippen molar-refractivity contribution in [2.75, 3.05) is 32.7 Å². The number of hydrogen-bond donors (Lipinski definition) is 1. The van der Waals surface area contributed by atoms with Gasteiger partial charge in [-0.05, 0) is 56.7 Å². The van der Waals surface area contributed by atoms with Gasteiger partial charge >= 0.3 is 0 Å². The maximum Gasteiger partial charge on any atom is 0.000450 e. The van der Waals surface area contributed by atoms with Crippen LogP contribution in [0.2, 0.25) is 0 Å². The smallest absolute Gasteiger partial charge is 0.000450 e. The lowest BCUT2D eigenvalue weighted by Gasteiger charge is -2.29. The van der Waals surface area contributed by atoms with Gasteiger partial charge in [-0.25, -0.2) is 0 Å². The van der Waals surface area contributed by atoms with E-state index in [1.165, 1.54) is 52.0 Å². The van der Waals surface area contributed by atoms with Gasteiger partial charge in [0.1, 0.15) is 0 Å². The van der Waals surface area contributed by atoms with Crippen molar-refractivity contribution in [1.29, 1.82) is 0 Å². The lowest BCUT2D eigenvalue weighted by molar-refractivity contribution is 0.196. The Labute approximate surface area is 120 Å². The molecule has 0 aliphatic carbocycles. The summed E-state index contributed by atoms with van der Waals surface area (Å²) in [6, 6.07) is 0. The summed E-state index contributed by atoms with van der Waals surface area (Å²) in [6.07, 6.45) is 4.18. The molecule has 110 valence electrons. The molecule has 2 nitrogen and oxygen atoms in total. The zero-order valence-corrected chi connectivity index (χ0v) is 13.6. The van der Waals surface area contributed by atoms with Crippen LogP contribution >= 0.6 is 12.4 Å². The Morgan fingerprint density at radius 2 is 1.50 bits per heavy atom. The van der Waals surface area contributed by atoms with Crippen molar-refractivity contribution >= 4 is 12.4 Å². The van der Waals surface area contributed by atoms with E-state index in [2.05, 4.69) is 37.9 Å². The van der Waals surface area contributed by atoms with Crippen molar-refractivity contribution in [3.05, 3.63) is 0 Å². The first kappa shape index (κ1) is 18.2. The predicted molar refractivity (Wildman–Crippen MR) is 83.6 cm³/mol. The van der Waals surface area contributed by atoms with Crippen LogP contribution < -0.4 is 5.32 Å². The molecule has 0 spiro atoms. The summed E-state index contributed by atoms with van der Waals surface area (Å²) < 4.78 is 0. The van der Waals surface area contributed by atoms with Gasteiger partial charge in [-0.1, -0.05) is 27.7 Å². The van der Waals surface area contributed by atoms with Crippen molar-refractivity contribution in [1.82, 2.24) is 10.2 Å². The molecule has 1 aliphatic rings. The number of rotatable bonds is 7. The largest absolute Gasteiger partial charge is 0.317 e. The number of nitrogens with one attached hydrogen (secondary N) is 1. The third kappa shape index (κ3) is 8.34. The van der Waals surface area contributed by atoms with Crippen molar-refractivity contribution < 1.29 is 0 Å². The average molecular weight is 277 g/mol. The van der Waals surface area contributed by atoms with Crippen molar-refractivity contribution in [2.45, 2.75) is 47.0 Å². The van der Waals surface area contributed by atoms with Crippen LogP contribution in [0.3, 0.4) is 0 Å². The van der Waals surface area contributed by atoms with Crippen LogP contribution in [0.4, 0.5) is 0 Å². The monoisotopic (exact) mass is 276 g/mol. The SMILES string of the molecule is CC(C)CN(CCC1CCNCC1)CC(C)C.Cl. The van der Waals surface area contributed by atoms with Gasteiger partial charge in [0.25, 0.3) is 0 Å². The molecule has 1 aliphatic heterocycles. The van der Waals surface area contributed by atoms with Gasteiger partial charge in [-0.3, -0.25) is 0 Å². The molecule has 0 aromatic heterocycles. The summed E-state index contributed by atoms with van der Waals surface area (Å²) >= 11 is 0. The van der Waals surface area contributed by atoms with E-state index in [4.69, 9.17) is 0 Å². The number of nitrogens with zero attached hydrogens (tertiary/aromatic N) is 1. The summed E-state index contributed by atoms with van der Waals surface area (Å²) in [7, 11) is 0. The highest BCUT2D eigenvalue weighted by atomic mass is 35.5. The zero-order chi connectivity index (χ0) is 12.7. The van der Waals surface area contributed by atoms with Gasteiger partial charge in [0, 0.05) is 13.1 Å². The fraction of sp³-hybridized carbons (Fsp3) is 1.00. The van der Waals surface area contributed by atoms with E-state index in [0.717, 1.165) is 17.8 Å². The summed E-state index contributed by atoms with van der Waals surface area (Å²) in [5.41, 5.74) is 0. The fourth-order valence-corrected chi connectivity index (χ4v) is 2.83. The second-order valence-corrected chi connectivity index (χ2v) is 6.53. The first-order valence-electron chi connectivity index (χ1n) is 7.51. The minimum absolute atomic E-state index is 0. The lowest BCUT2D eigenvalue weighted by Crippen LogP contribution is -2.35. The topological polar surface area (TPSA) is 15.3 Å². The Morgan fingerprint density at radius 1 is 1.00 bits per heavy atom. The fourth-order valence-electron chi connectivity index (χ4n) is 2.83. The van der Waals surface area contributed by atoms with Gasteiger partial charge in [0.2, 0.25) is 0 Å². The third-order valence-corrected chi connectivity index (χ3v) is 3.56. The maximum absolute atomic E-state index is 3.45. The highest BCUT2D eigenvalue weighted by molar-refractivity contribution is 5.85. The molecule has 0 aromatic carbocycles. The molecule has 18 heavy (non-hydrogen) atoms. The van der Waals surface area contributed by atoms with Crippen molar-refractivity contribution in [2.24, 2.45) is 17.8 Å². The first-order chi connectivity index (χ1) is 8.08. The van der Waals surface area contributed by atoms with E-state index in [1.54, 1.807) is 0 Å². The number of halogens is 1. The summed E-state index contributed by atoms with van der Waals surface area (Å²) in [5, 5.41) is 3.45. The predicted octanol–water partition coefficient (Wildman–Crippen LogP) is 3.41. The van der Waals surface area contributed by atoms with Gasteiger partial charge in [0.05, 0.1) is 0 Å². The normalized spacial score (nSPS) is 17.5. The average Bonchev–Trinajstić information content (AvgIpc) is 2.26. The standard InChI is InChI=1S/C15H32N2.ClH/c1-13(2)11-17(12-14(3)4)10-7-15-5-8-16-9-6-15;/h13-16H,5-12H2,1-4H3;1H. The van der Waals surface area contributed by atoms with Crippen LogP contribution in [0.1, 0.15) is 47.0 Å². The van der Waals surface area contributed by atoms with Crippen molar-refractivity contribution in [3.8, 4) is 0 Å². The van der Waals surface area contributed by atoms with Crippen LogP contribution in [-0.4, -0.2) is 37.6 Å². The Hall–Kier alpha value is 0.210. The minimum atomic E-state index is 0. The molecule has 1 rings (SSSR count). The lowest BCUT2D eigenvalue weighted by atomic mass is 9.94. The van der Waals surface area contributed by atoms with E-state index in [-0.39, 0.29) is 12.4 Å². The second kappa shape index (κ2) is 10.1. The molecule has 0 unspecified atom stereocenters. The van der Waals surface area contributed by atoms with E-state index < -0.39 is 0 Å². The van der Waals surface area contributed by atoms with Crippen LogP contribution in [0.5, 0.6) is 0 Å². The molecule has 0 atom stereocenters. The number of piperidine rings is 1. The highest BCUT2D eigenvalue weighted by Gasteiger charge is 2.15. The van der Waals surface area contributed by atoms with E-state index >= 15 is 0 Å². The number of hydrogen-bond acceptors (Lipinski definition) is 2. The molecule has 1 saturated heterocycles. The van der Waals surface area contributed by atoms with Gasteiger partial charge < -0.3 is 10.2 Å². The van der Waals surface area contributed by atoms with E-state index in [1.807, 2.05) is 0 Å². The zero-order valence-electron chi connectivity index (χ0n) is 12.7. The molecular weight excluding hydrogens is 244 g/mol. The van der Waals surface area contributed by atoms with Crippen LogP contribution in [0.25, 0.3) is 0 Å². The Kier molecular flexibility index (Phi) is 10.2. The molecule has 1 N–H and O–H groups in total. The van der Waals surface area contributed by atoms with Gasteiger partial charge in [-0.2, -0.15) is 0 Å². The first-order valence-corrected chi connectivity index (χ1v) is 7.51. The molecule has 1 fully saturated rings. The van der Waals surface area contributed by atoms with E-state index in [9.17, 15) is 0 Å². The van der Waals surface area contributed by atoms with Crippen molar-refractivity contribution in [3.63, 3.8) is 0 Å². The Bertz CT molecular complexity index is 179. The molecule has 1 heterocycles. The summed E-state index contributed by atoms with van der Waals surface area (Å²) in [5.74, 6) is 2.56.